The van der Waals surface area contributed by atoms with Crippen molar-refractivity contribution < 1.29 is 9.90 Å². The number of piperazine rings is 1. The first-order valence-corrected chi connectivity index (χ1v) is 14.4. The van der Waals surface area contributed by atoms with Gasteiger partial charge in [0.15, 0.2) is 0 Å². The molecule has 1 aromatic carbocycles. The molecule has 0 atom stereocenters. The summed E-state index contributed by atoms with van der Waals surface area (Å²) >= 11 is 0. The molecule has 1 saturated carbocycles. The number of hydrogen-bond donors (Lipinski definition) is 1. The van der Waals surface area contributed by atoms with Gasteiger partial charge in [0.1, 0.15) is 0 Å². The summed E-state index contributed by atoms with van der Waals surface area (Å²) in [5.41, 5.74) is 5.45. The summed E-state index contributed by atoms with van der Waals surface area (Å²) in [6, 6.07) is 14.1. The zero-order valence-corrected chi connectivity index (χ0v) is 23.0. The lowest BCUT2D eigenvalue weighted by atomic mass is 9.71. The summed E-state index contributed by atoms with van der Waals surface area (Å²) in [4.78, 5) is 19.8. The van der Waals surface area contributed by atoms with Crippen molar-refractivity contribution in [3.05, 3.63) is 54.4 Å². The van der Waals surface area contributed by atoms with E-state index in [-0.39, 0.29) is 11.8 Å². The summed E-state index contributed by atoms with van der Waals surface area (Å²) < 4.78 is 1.98. The standard InChI is InChI=1S/C31H41N5O2/c1-22(2)33-12-9-25(10-13-33)23-4-6-24(7-5-23)26-18-29-28(8-11-32-36(29)21-26)34-14-16-35(17-15-34)30(37)27-19-31(3,38)20-27/h4-8,11,18,21-22,25,27,38H,9-10,12-17,19-20H2,1-3H3/t27-,31-. The van der Waals surface area contributed by atoms with Gasteiger partial charge in [0.2, 0.25) is 5.91 Å². The van der Waals surface area contributed by atoms with Crippen LogP contribution in [0.5, 0.6) is 0 Å². The number of aromatic nitrogens is 2. The number of carbonyl (C=O) groups is 1. The number of anilines is 1. The minimum absolute atomic E-state index is 0.0170. The molecule has 7 heteroatoms. The molecular weight excluding hydrogens is 474 g/mol. The Morgan fingerprint density at radius 2 is 1.66 bits per heavy atom. The van der Waals surface area contributed by atoms with E-state index in [1.807, 2.05) is 22.5 Å². The monoisotopic (exact) mass is 515 g/mol. The van der Waals surface area contributed by atoms with E-state index in [0.717, 1.165) is 31.7 Å². The molecule has 0 unspecified atom stereocenters. The molecule has 0 spiro atoms. The van der Waals surface area contributed by atoms with Crippen molar-refractivity contribution in [2.24, 2.45) is 5.92 Å². The number of likely N-dealkylation sites (tertiary alicyclic amines) is 1. The Morgan fingerprint density at radius 1 is 0.974 bits per heavy atom. The quantitative estimate of drug-likeness (QED) is 0.546. The SMILES string of the molecule is CC(C)N1CCC(c2ccc(-c3cc4c(N5CCN(C(=O)[C@H]6C[C@](C)(O)C6)CC5)ccnn4c3)cc2)CC1. The van der Waals surface area contributed by atoms with Gasteiger partial charge in [-0.15, -0.1) is 0 Å². The summed E-state index contributed by atoms with van der Waals surface area (Å²) in [6.07, 6.45) is 7.64. The molecule has 3 aliphatic rings. The number of carbonyl (C=O) groups excluding carboxylic acids is 1. The lowest BCUT2D eigenvalue weighted by molar-refractivity contribution is -0.149. The second-order valence-electron chi connectivity index (χ2n) is 12.2. The van der Waals surface area contributed by atoms with E-state index in [1.165, 1.54) is 48.3 Å². The van der Waals surface area contributed by atoms with E-state index in [4.69, 9.17) is 0 Å². The summed E-state index contributed by atoms with van der Waals surface area (Å²) in [5.74, 6) is 0.843. The Balaban J connectivity index is 1.12. The first-order chi connectivity index (χ1) is 18.3. The molecule has 202 valence electrons. The van der Waals surface area contributed by atoms with Gasteiger partial charge in [-0.3, -0.25) is 4.79 Å². The van der Waals surface area contributed by atoms with Crippen LogP contribution in [0.4, 0.5) is 5.69 Å². The molecule has 3 aromatic rings. The van der Waals surface area contributed by atoms with Crippen LogP contribution in [-0.2, 0) is 4.79 Å². The van der Waals surface area contributed by atoms with Gasteiger partial charge in [-0.1, -0.05) is 24.3 Å². The second kappa shape index (κ2) is 10.0. The molecule has 6 rings (SSSR count). The van der Waals surface area contributed by atoms with Crippen LogP contribution in [0.3, 0.4) is 0 Å². The smallest absolute Gasteiger partial charge is 0.226 e. The molecule has 2 aliphatic heterocycles. The molecule has 0 radical (unpaired) electrons. The van der Waals surface area contributed by atoms with Crippen LogP contribution in [0.25, 0.3) is 16.6 Å². The molecule has 0 bridgehead atoms. The number of hydrogen-bond acceptors (Lipinski definition) is 5. The Labute approximate surface area is 226 Å². The predicted octanol–water partition coefficient (Wildman–Crippen LogP) is 4.40. The zero-order valence-electron chi connectivity index (χ0n) is 23.0. The number of fused-ring (bicyclic) bond motifs is 1. The highest BCUT2D eigenvalue weighted by Crippen LogP contribution is 2.39. The lowest BCUT2D eigenvalue weighted by Crippen LogP contribution is -2.54. The van der Waals surface area contributed by atoms with E-state index >= 15 is 0 Å². The normalized spacial score (nSPS) is 25.2. The van der Waals surface area contributed by atoms with Crippen molar-refractivity contribution >= 4 is 17.1 Å². The van der Waals surface area contributed by atoms with Crippen LogP contribution in [0.1, 0.15) is 57.9 Å². The van der Waals surface area contributed by atoms with E-state index in [9.17, 15) is 9.90 Å². The molecule has 2 saturated heterocycles. The Bertz CT molecular complexity index is 1270. The Kier molecular flexibility index (Phi) is 6.68. The van der Waals surface area contributed by atoms with E-state index < -0.39 is 5.60 Å². The minimum atomic E-state index is -0.664. The third-order valence-electron chi connectivity index (χ3n) is 9.12. The van der Waals surface area contributed by atoms with Crippen LogP contribution in [-0.4, -0.2) is 81.3 Å². The summed E-state index contributed by atoms with van der Waals surface area (Å²) in [5, 5.41) is 14.6. The highest BCUT2D eigenvalue weighted by Gasteiger charge is 2.44. The molecule has 2 aromatic heterocycles. The van der Waals surface area contributed by atoms with Crippen molar-refractivity contribution in [3.8, 4) is 11.1 Å². The number of amides is 1. The first-order valence-electron chi connectivity index (χ1n) is 14.4. The van der Waals surface area contributed by atoms with Gasteiger partial charge in [0.05, 0.1) is 16.8 Å². The number of rotatable bonds is 5. The molecule has 4 heterocycles. The van der Waals surface area contributed by atoms with Crippen LogP contribution >= 0.6 is 0 Å². The highest BCUT2D eigenvalue weighted by atomic mass is 16.3. The summed E-state index contributed by atoms with van der Waals surface area (Å²) in [7, 11) is 0. The van der Waals surface area contributed by atoms with Crippen LogP contribution in [0, 0.1) is 5.92 Å². The molecule has 1 N–H and O–H groups in total. The second-order valence-corrected chi connectivity index (χ2v) is 12.2. The van der Waals surface area contributed by atoms with Gasteiger partial charge >= 0.3 is 0 Å². The third kappa shape index (κ3) is 4.94. The van der Waals surface area contributed by atoms with Crippen LogP contribution in [0.2, 0.25) is 0 Å². The fraction of sp³-hybridized carbons (Fsp3) is 0.548. The number of nitrogens with zero attached hydrogens (tertiary/aromatic N) is 5. The van der Waals surface area contributed by atoms with Crippen molar-refractivity contribution in [1.82, 2.24) is 19.4 Å². The van der Waals surface area contributed by atoms with Gasteiger partial charge < -0.3 is 19.8 Å². The lowest BCUT2D eigenvalue weighted by Gasteiger charge is -2.44. The van der Waals surface area contributed by atoms with Crippen LogP contribution < -0.4 is 4.90 Å². The molecule has 1 aliphatic carbocycles. The van der Waals surface area contributed by atoms with Crippen LogP contribution in [0.15, 0.2) is 48.8 Å². The maximum absolute atomic E-state index is 12.8. The van der Waals surface area contributed by atoms with Gasteiger partial charge in [0.25, 0.3) is 0 Å². The maximum atomic E-state index is 12.8. The zero-order chi connectivity index (χ0) is 26.4. The Hall–Kier alpha value is -2.90. The molecule has 3 fully saturated rings. The van der Waals surface area contributed by atoms with E-state index in [1.54, 1.807) is 0 Å². The molecule has 38 heavy (non-hydrogen) atoms. The number of benzene rings is 1. The van der Waals surface area contributed by atoms with Gasteiger partial charge in [-0.25, -0.2) is 4.52 Å². The maximum Gasteiger partial charge on any atom is 0.226 e. The van der Waals surface area contributed by atoms with E-state index in [2.05, 4.69) is 71.3 Å². The van der Waals surface area contributed by atoms with Gasteiger partial charge in [0, 0.05) is 56.1 Å². The van der Waals surface area contributed by atoms with Crippen molar-refractivity contribution in [2.75, 3.05) is 44.2 Å². The average Bonchev–Trinajstić information content (AvgIpc) is 3.36. The Morgan fingerprint density at radius 3 is 2.29 bits per heavy atom. The molecule has 1 amide bonds. The van der Waals surface area contributed by atoms with Gasteiger partial charge in [-0.2, -0.15) is 5.10 Å². The number of aliphatic hydroxyl groups is 1. The molecular formula is C31H41N5O2. The van der Waals surface area contributed by atoms with Crippen molar-refractivity contribution in [1.29, 1.82) is 0 Å². The fourth-order valence-corrected chi connectivity index (χ4v) is 6.72. The average molecular weight is 516 g/mol. The third-order valence-corrected chi connectivity index (χ3v) is 9.12. The minimum Gasteiger partial charge on any atom is -0.390 e. The van der Waals surface area contributed by atoms with Gasteiger partial charge in [-0.05, 0) is 88.7 Å². The highest BCUT2D eigenvalue weighted by molar-refractivity contribution is 5.82. The van der Waals surface area contributed by atoms with Crippen molar-refractivity contribution in [3.63, 3.8) is 0 Å². The first kappa shape index (κ1) is 25.4. The van der Waals surface area contributed by atoms with Crippen molar-refractivity contribution in [2.45, 2.75) is 64.0 Å². The van der Waals surface area contributed by atoms with E-state index in [0.29, 0.717) is 24.8 Å². The fourth-order valence-electron chi connectivity index (χ4n) is 6.72. The summed E-state index contributed by atoms with van der Waals surface area (Å²) in [6.45, 7) is 11.8. The predicted molar refractivity (Wildman–Crippen MR) is 151 cm³/mol. The topological polar surface area (TPSA) is 64.3 Å². The largest absolute Gasteiger partial charge is 0.390 e. The number of piperidine rings is 1. The molecule has 7 nitrogen and oxygen atoms in total.